The van der Waals surface area contributed by atoms with Crippen LogP contribution in [0.5, 0.6) is 5.75 Å². The maximum atomic E-state index is 12.5. The molecule has 1 aromatic rings. The Morgan fingerprint density at radius 2 is 2.09 bits per heavy atom. The Labute approximate surface area is 133 Å². The largest absolute Gasteiger partial charge is 0.486 e. The number of para-hydroxylation sites is 1. The molecule has 1 aliphatic heterocycles. The van der Waals surface area contributed by atoms with Crippen LogP contribution in [0.2, 0.25) is 0 Å². The average molecular weight is 305 g/mol. The third kappa shape index (κ3) is 3.29. The molecule has 122 valence electrons. The highest BCUT2D eigenvalue weighted by Crippen LogP contribution is 2.39. The van der Waals surface area contributed by atoms with Crippen LogP contribution in [0.15, 0.2) is 18.2 Å². The first-order valence-electron chi connectivity index (χ1n) is 8.05. The predicted molar refractivity (Wildman–Crippen MR) is 90.2 cm³/mol. The van der Waals surface area contributed by atoms with Crippen LogP contribution in [0.3, 0.4) is 0 Å². The Hall–Kier alpha value is -1.91. The molecule has 0 spiro atoms. The molecular weight excluding hydrogens is 278 g/mol. The molecule has 0 saturated heterocycles. The van der Waals surface area contributed by atoms with Crippen molar-refractivity contribution in [1.29, 1.82) is 0 Å². The van der Waals surface area contributed by atoms with E-state index in [0.29, 0.717) is 24.7 Å². The summed E-state index contributed by atoms with van der Waals surface area (Å²) in [6.45, 7) is 10.7. The summed E-state index contributed by atoms with van der Waals surface area (Å²) in [7, 11) is 0. The van der Waals surface area contributed by atoms with Crippen LogP contribution < -0.4 is 15.4 Å². The van der Waals surface area contributed by atoms with Crippen molar-refractivity contribution in [2.75, 3.05) is 36.8 Å². The van der Waals surface area contributed by atoms with E-state index in [1.165, 1.54) is 0 Å². The smallest absolute Gasteiger partial charge is 0.242 e. The Kier molecular flexibility index (Phi) is 5.16. The molecule has 2 rings (SSSR count). The second-order valence-corrected chi connectivity index (χ2v) is 6.04. The lowest BCUT2D eigenvalue weighted by Crippen LogP contribution is -2.48. The van der Waals surface area contributed by atoms with Crippen molar-refractivity contribution in [3.05, 3.63) is 18.2 Å². The Bertz CT molecular complexity index is 527. The highest BCUT2D eigenvalue weighted by Gasteiger charge is 2.30. The zero-order valence-corrected chi connectivity index (χ0v) is 14.0. The molecular formula is C17H27N3O2. The summed E-state index contributed by atoms with van der Waals surface area (Å²) in [6, 6.07) is 5.67. The van der Waals surface area contributed by atoms with Crippen molar-refractivity contribution in [2.24, 2.45) is 5.92 Å². The van der Waals surface area contributed by atoms with E-state index in [1.807, 2.05) is 36.9 Å². The van der Waals surface area contributed by atoms with Gasteiger partial charge in [0.15, 0.2) is 0 Å². The lowest BCUT2D eigenvalue weighted by molar-refractivity contribution is -0.129. The summed E-state index contributed by atoms with van der Waals surface area (Å²) in [5.41, 5.74) is 7.63. The normalized spacial score (nSPS) is 17.1. The first-order chi connectivity index (χ1) is 10.5. The number of rotatable bonds is 5. The molecule has 22 heavy (non-hydrogen) atoms. The maximum Gasteiger partial charge on any atom is 0.242 e. The van der Waals surface area contributed by atoms with Gasteiger partial charge in [0.2, 0.25) is 5.91 Å². The Balaban J connectivity index is 2.28. The number of hydrogen-bond donors (Lipinski definition) is 1. The molecule has 5 heteroatoms. The van der Waals surface area contributed by atoms with Gasteiger partial charge in [0, 0.05) is 13.1 Å². The molecule has 0 aliphatic carbocycles. The number of anilines is 2. The number of likely N-dealkylation sites (N-methyl/N-ethyl adjacent to an activating group) is 1. The zero-order chi connectivity index (χ0) is 16.3. The second kappa shape index (κ2) is 6.90. The van der Waals surface area contributed by atoms with E-state index in [1.54, 1.807) is 0 Å². The fourth-order valence-corrected chi connectivity index (χ4v) is 2.81. The van der Waals surface area contributed by atoms with E-state index >= 15 is 0 Å². The molecule has 1 unspecified atom stereocenters. The summed E-state index contributed by atoms with van der Waals surface area (Å²) in [6.07, 6.45) is 0.0683. The Morgan fingerprint density at radius 1 is 1.41 bits per heavy atom. The topological polar surface area (TPSA) is 58.8 Å². The molecule has 1 heterocycles. The average Bonchev–Trinajstić information content (AvgIpc) is 2.48. The van der Waals surface area contributed by atoms with Crippen LogP contribution in [-0.2, 0) is 4.79 Å². The number of ether oxygens (including phenoxy) is 1. The fourth-order valence-electron chi connectivity index (χ4n) is 2.81. The first-order valence-corrected chi connectivity index (χ1v) is 8.05. The standard InChI is InChI=1S/C17H27N3O2/c1-5-19(6-2)16(21)11-20-10-15(12(3)4)22-14-9-7-8-13(18)17(14)20/h7-9,12,15H,5-6,10-11,18H2,1-4H3. The highest BCUT2D eigenvalue weighted by atomic mass is 16.5. The number of nitrogens with zero attached hydrogens (tertiary/aromatic N) is 2. The van der Waals surface area contributed by atoms with Crippen LogP contribution in [0, 0.1) is 5.92 Å². The third-order valence-electron chi connectivity index (χ3n) is 4.21. The lowest BCUT2D eigenvalue weighted by Gasteiger charge is -2.39. The number of carbonyl (C=O) groups excluding carboxylic acids is 1. The minimum Gasteiger partial charge on any atom is -0.486 e. The molecule has 1 amide bonds. The van der Waals surface area contributed by atoms with Crippen molar-refractivity contribution in [3.8, 4) is 5.75 Å². The summed E-state index contributed by atoms with van der Waals surface area (Å²) >= 11 is 0. The van der Waals surface area contributed by atoms with Crippen LogP contribution in [0.1, 0.15) is 27.7 Å². The molecule has 0 fully saturated rings. The number of nitrogens with two attached hydrogens (primary N) is 1. The van der Waals surface area contributed by atoms with Gasteiger partial charge in [-0.15, -0.1) is 0 Å². The van der Waals surface area contributed by atoms with E-state index in [-0.39, 0.29) is 12.0 Å². The van der Waals surface area contributed by atoms with E-state index in [2.05, 4.69) is 18.7 Å². The van der Waals surface area contributed by atoms with Crippen LogP contribution >= 0.6 is 0 Å². The zero-order valence-electron chi connectivity index (χ0n) is 14.0. The van der Waals surface area contributed by atoms with E-state index in [4.69, 9.17) is 10.5 Å². The van der Waals surface area contributed by atoms with Gasteiger partial charge in [0.1, 0.15) is 17.5 Å². The van der Waals surface area contributed by atoms with Gasteiger partial charge in [0.05, 0.1) is 18.8 Å². The van der Waals surface area contributed by atoms with Gasteiger partial charge in [-0.05, 0) is 31.9 Å². The van der Waals surface area contributed by atoms with Gasteiger partial charge in [-0.2, -0.15) is 0 Å². The molecule has 2 N–H and O–H groups in total. The van der Waals surface area contributed by atoms with E-state index in [9.17, 15) is 4.79 Å². The molecule has 1 aliphatic rings. The molecule has 0 saturated carbocycles. The number of benzene rings is 1. The summed E-state index contributed by atoms with van der Waals surface area (Å²) < 4.78 is 6.05. The van der Waals surface area contributed by atoms with Gasteiger partial charge in [-0.1, -0.05) is 19.9 Å². The number of fused-ring (bicyclic) bond motifs is 1. The minimum atomic E-state index is 0.0683. The monoisotopic (exact) mass is 305 g/mol. The van der Waals surface area contributed by atoms with Gasteiger partial charge in [-0.25, -0.2) is 0 Å². The van der Waals surface area contributed by atoms with Crippen molar-refractivity contribution in [2.45, 2.75) is 33.8 Å². The molecule has 0 bridgehead atoms. The summed E-state index contributed by atoms with van der Waals surface area (Å²) in [5, 5.41) is 0. The van der Waals surface area contributed by atoms with E-state index < -0.39 is 0 Å². The van der Waals surface area contributed by atoms with Crippen molar-refractivity contribution < 1.29 is 9.53 Å². The quantitative estimate of drug-likeness (QED) is 0.849. The summed E-state index contributed by atoms with van der Waals surface area (Å²) in [5.74, 6) is 1.28. The molecule has 0 aromatic heterocycles. The number of hydrogen-bond acceptors (Lipinski definition) is 4. The lowest BCUT2D eigenvalue weighted by atomic mass is 10.0. The van der Waals surface area contributed by atoms with Crippen molar-refractivity contribution in [1.82, 2.24) is 4.90 Å². The van der Waals surface area contributed by atoms with Crippen LogP contribution in [0.4, 0.5) is 11.4 Å². The van der Waals surface area contributed by atoms with Crippen molar-refractivity contribution >= 4 is 17.3 Å². The predicted octanol–water partition coefficient (Wildman–Crippen LogP) is 2.36. The number of nitrogen functional groups attached to an aromatic ring is 1. The van der Waals surface area contributed by atoms with E-state index in [0.717, 1.165) is 24.5 Å². The van der Waals surface area contributed by atoms with Gasteiger partial charge >= 0.3 is 0 Å². The van der Waals surface area contributed by atoms with Crippen molar-refractivity contribution in [3.63, 3.8) is 0 Å². The molecule has 1 atom stereocenters. The number of amides is 1. The summed E-state index contributed by atoms with van der Waals surface area (Å²) in [4.78, 5) is 16.4. The minimum absolute atomic E-state index is 0.0683. The fraction of sp³-hybridized carbons (Fsp3) is 0.588. The Morgan fingerprint density at radius 3 is 2.68 bits per heavy atom. The molecule has 5 nitrogen and oxygen atoms in total. The third-order valence-corrected chi connectivity index (χ3v) is 4.21. The molecule has 0 radical (unpaired) electrons. The van der Waals surface area contributed by atoms with Gasteiger partial charge in [-0.3, -0.25) is 4.79 Å². The first kappa shape index (κ1) is 16.5. The number of carbonyl (C=O) groups is 1. The molecule has 1 aromatic carbocycles. The maximum absolute atomic E-state index is 12.5. The van der Waals surface area contributed by atoms with Crippen LogP contribution in [-0.4, -0.2) is 43.1 Å². The van der Waals surface area contributed by atoms with Gasteiger partial charge < -0.3 is 20.3 Å². The second-order valence-electron chi connectivity index (χ2n) is 6.04. The highest BCUT2D eigenvalue weighted by molar-refractivity contribution is 5.85. The van der Waals surface area contributed by atoms with Crippen LogP contribution in [0.25, 0.3) is 0 Å². The SMILES string of the molecule is CCN(CC)C(=O)CN1CC(C(C)C)Oc2cccc(N)c21. The van der Waals surface area contributed by atoms with Gasteiger partial charge in [0.25, 0.3) is 0 Å².